The average molecular weight is 347 g/mol. The van der Waals surface area contributed by atoms with Crippen molar-refractivity contribution < 1.29 is 0 Å². The highest BCUT2D eigenvalue weighted by molar-refractivity contribution is 5.49. The van der Waals surface area contributed by atoms with Gasteiger partial charge in [0.1, 0.15) is 11.6 Å². The number of nitrogens with zero attached hydrogens (tertiary/aromatic N) is 5. The summed E-state index contributed by atoms with van der Waals surface area (Å²) in [6, 6.07) is 10.1. The molecular weight excluding hydrogens is 322 g/mol. The summed E-state index contributed by atoms with van der Waals surface area (Å²) in [5.74, 6) is 2.77. The van der Waals surface area contributed by atoms with Crippen LogP contribution in [0.3, 0.4) is 0 Å². The van der Waals surface area contributed by atoms with Crippen LogP contribution in [-0.2, 0) is 6.54 Å². The highest BCUT2D eigenvalue weighted by Crippen LogP contribution is 2.39. The molecule has 2 aliphatic rings. The monoisotopic (exact) mass is 347 g/mol. The van der Waals surface area contributed by atoms with Crippen molar-refractivity contribution in [3.05, 3.63) is 52.5 Å². The maximum atomic E-state index is 8.91. The average Bonchev–Trinajstić information content (AvgIpc) is 3.50. The maximum Gasteiger partial charge on any atom is 0.135 e. The second-order valence-corrected chi connectivity index (χ2v) is 7.46. The molecule has 2 fully saturated rings. The molecule has 1 saturated carbocycles. The molecule has 26 heavy (non-hydrogen) atoms. The fourth-order valence-electron chi connectivity index (χ4n) is 3.53. The minimum absolute atomic E-state index is 0.589. The van der Waals surface area contributed by atoms with Crippen LogP contribution < -0.4 is 4.90 Å². The zero-order valence-electron chi connectivity index (χ0n) is 15.6. The van der Waals surface area contributed by atoms with Gasteiger partial charge < -0.3 is 4.90 Å². The predicted molar refractivity (Wildman–Crippen MR) is 102 cm³/mol. The van der Waals surface area contributed by atoms with E-state index in [1.807, 2.05) is 12.1 Å². The van der Waals surface area contributed by atoms with Crippen molar-refractivity contribution in [1.29, 1.82) is 5.26 Å². The van der Waals surface area contributed by atoms with Gasteiger partial charge in [-0.05, 0) is 44.4 Å². The van der Waals surface area contributed by atoms with Gasteiger partial charge in [-0.15, -0.1) is 0 Å². The Morgan fingerprint density at radius 1 is 1.04 bits per heavy atom. The fourth-order valence-corrected chi connectivity index (χ4v) is 3.53. The van der Waals surface area contributed by atoms with Crippen molar-refractivity contribution >= 4 is 5.82 Å². The first-order valence-corrected chi connectivity index (χ1v) is 9.45. The van der Waals surface area contributed by atoms with Crippen LogP contribution in [0.5, 0.6) is 0 Å². The Kier molecular flexibility index (Phi) is 4.60. The largest absolute Gasteiger partial charge is 0.354 e. The zero-order valence-corrected chi connectivity index (χ0v) is 15.6. The summed E-state index contributed by atoms with van der Waals surface area (Å²) in [5.41, 5.74) is 4.33. The highest BCUT2D eigenvalue weighted by atomic mass is 15.3. The number of hydrogen-bond acceptors (Lipinski definition) is 5. The van der Waals surface area contributed by atoms with Crippen LogP contribution in [0, 0.1) is 25.2 Å². The Morgan fingerprint density at radius 2 is 1.73 bits per heavy atom. The lowest BCUT2D eigenvalue weighted by Gasteiger charge is -2.36. The van der Waals surface area contributed by atoms with Crippen LogP contribution in [0.2, 0.25) is 0 Å². The van der Waals surface area contributed by atoms with E-state index in [9.17, 15) is 0 Å². The van der Waals surface area contributed by atoms with Crippen LogP contribution in [-0.4, -0.2) is 41.0 Å². The number of anilines is 1. The normalized spacial score (nSPS) is 18.0. The SMILES string of the molecule is Cc1nc(C2CC2)nc(N2CCN(Cc3ccc(C#N)cc3)CC2)c1C. The molecule has 0 spiro atoms. The predicted octanol–water partition coefficient (Wildman–Crippen LogP) is 3.16. The molecule has 0 radical (unpaired) electrons. The smallest absolute Gasteiger partial charge is 0.135 e. The molecule has 1 saturated heterocycles. The lowest BCUT2D eigenvalue weighted by molar-refractivity contribution is 0.249. The number of rotatable bonds is 4. The molecule has 0 unspecified atom stereocenters. The number of hydrogen-bond donors (Lipinski definition) is 0. The lowest BCUT2D eigenvalue weighted by Crippen LogP contribution is -2.46. The lowest BCUT2D eigenvalue weighted by atomic mass is 10.1. The molecule has 1 aliphatic heterocycles. The van der Waals surface area contributed by atoms with E-state index in [-0.39, 0.29) is 0 Å². The first-order chi connectivity index (χ1) is 12.6. The van der Waals surface area contributed by atoms with Gasteiger partial charge in [-0.25, -0.2) is 9.97 Å². The number of piperazine rings is 1. The second-order valence-electron chi connectivity index (χ2n) is 7.46. The Bertz CT molecular complexity index is 825. The molecule has 4 rings (SSSR count). The number of nitriles is 1. The van der Waals surface area contributed by atoms with E-state index in [0.29, 0.717) is 5.92 Å². The summed E-state index contributed by atoms with van der Waals surface area (Å²) in [6.07, 6.45) is 2.47. The van der Waals surface area contributed by atoms with Crippen molar-refractivity contribution in [3.63, 3.8) is 0 Å². The van der Waals surface area contributed by atoms with E-state index in [2.05, 4.69) is 41.8 Å². The number of benzene rings is 1. The van der Waals surface area contributed by atoms with Crippen LogP contribution >= 0.6 is 0 Å². The van der Waals surface area contributed by atoms with Crippen molar-refractivity contribution in [2.75, 3.05) is 31.1 Å². The Balaban J connectivity index is 1.41. The van der Waals surface area contributed by atoms with E-state index in [4.69, 9.17) is 15.2 Å². The van der Waals surface area contributed by atoms with Gasteiger partial charge in [0, 0.05) is 49.9 Å². The summed E-state index contributed by atoms with van der Waals surface area (Å²) in [5, 5.41) is 8.91. The van der Waals surface area contributed by atoms with Crippen LogP contribution in [0.25, 0.3) is 0 Å². The van der Waals surface area contributed by atoms with E-state index in [1.54, 1.807) is 0 Å². The van der Waals surface area contributed by atoms with E-state index >= 15 is 0 Å². The zero-order chi connectivity index (χ0) is 18.1. The van der Waals surface area contributed by atoms with Gasteiger partial charge in [-0.1, -0.05) is 12.1 Å². The first-order valence-electron chi connectivity index (χ1n) is 9.45. The fraction of sp³-hybridized carbons (Fsp3) is 0.476. The summed E-state index contributed by atoms with van der Waals surface area (Å²) in [6.45, 7) is 9.24. The van der Waals surface area contributed by atoms with Crippen LogP contribution in [0.1, 0.15) is 47.0 Å². The molecule has 0 N–H and O–H groups in total. The van der Waals surface area contributed by atoms with Gasteiger partial charge in [0.15, 0.2) is 0 Å². The second kappa shape index (κ2) is 7.05. The maximum absolute atomic E-state index is 8.91. The third-order valence-corrected chi connectivity index (χ3v) is 5.48. The number of aromatic nitrogens is 2. The molecule has 0 bridgehead atoms. The Morgan fingerprint density at radius 3 is 2.35 bits per heavy atom. The minimum atomic E-state index is 0.589. The van der Waals surface area contributed by atoms with Gasteiger partial charge in [-0.2, -0.15) is 5.26 Å². The van der Waals surface area contributed by atoms with Crippen molar-refractivity contribution in [2.24, 2.45) is 0 Å². The van der Waals surface area contributed by atoms with Gasteiger partial charge in [0.2, 0.25) is 0 Å². The molecule has 5 nitrogen and oxygen atoms in total. The highest BCUT2D eigenvalue weighted by Gasteiger charge is 2.29. The topological polar surface area (TPSA) is 56.1 Å². The quantitative estimate of drug-likeness (QED) is 0.850. The molecule has 0 amide bonds. The summed E-state index contributed by atoms with van der Waals surface area (Å²) in [7, 11) is 0. The van der Waals surface area contributed by atoms with E-state index < -0.39 is 0 Å². The number of aryl methyl sites for hydroxylation is 1. The Hall–Kier alpha value is -2.45. The molecule has 1 aliphatic carbocycles. The Labute approximate surface area is 155 Å². The third kappa shape index (κ3) is 3.56. The van der Waals surface area contributed by atoms with Gasteiger partial charge in [-0.3, -0.25) is 4.90 Å². The van der Waals surface area contributed by atoms with Gasteiger partial charge in [0.25, 0.3) is 0 Å². The van der Waals surface area contributed by atoms with Crippen LogP contribution in [0.4, 0.5) is 5.82 Å². The molecule has 0 atom stereocenters. The van der Waals surface area contributed by atoms with Gasteiger partial charge >= 0.3 is 0 Å². The molecule has 1 aromatic carbocycles. The van der Waals surface area contributed by atoms with Gasteiger partial charge in [0.05, 0.1) is 11.6 Å². The molecular formula is C21H25N5. The van der Waals surface area contributed by atoms with Crippen molar-refractivity contribution in [3.8, 4) is 6.07 Å². The third-order valence-electron chi connectivity index (χ3n) is 5.48. The molecule has 2 aromatic rings. The van der Waals surface area contributed by atoms with E-state index in [0.717, 1.165) is 55.6 Å². The molecule has 5 heteroatoms. The standard InChI is InChI=1S/C21H25N5/c1-15-16(2)23-20(19-7-8-19)24-21(15)26-11-9-25(10-12-26)14-18-5-3-17(13-22)4-6-18/h3-6,19H,7-12,14H2,1-2H3. The van der Waals surface area contributed by atoms with Crippen LogP contribution in [0.15, 0.2) is 24.3 Å². The minimum Gasteiger partial charge on any atom is -0.354 e. The first kappa shape index (κ1) is 17.0. The molecule has 1 aromatic heterocycles. The molecule has 2 heterocycles. The molecule has 134 valence electrons. The summed E-state index contributed by atoms with van der Waals surface area (Å²) < 4.78 is 0. The van der Waals surface area contributed by atoms with Crippen molar-refractivity contribution in [1.82, 2.24) is 14.9 Å². The van der Waals surface area contributed by atoms with Crippen molar-refractivity contribution in [2.45, 2.75) is 39.2 Å². The summed E-state index contributed by atoms with van der Waals surface area (Å²) >= 11 is 0. The summed E-state index contributed by atoms with van der Waals surface area (Å²) in [4.78, 5) is 14.5. The van der Waals surface area contributed by atoms with E-state index in [1.165, 1.54) is 24.0 Å².